The van der Waals surface area contributed by atoms with Crippen LogP contribution < -0.4 is 5.32 Å². The van der Waals surface area contributed by atoms with Gasteiger partial charge >= 0.3 is 0 Å². The Balaban J connectivity index is 1.22. The second-order valence-electron chi connectivity index (χ2n) is 11.7. The Labute approximate surface area is 257 Å². The Morgan fingerprint density at radius 3 is 2.30 bits per heavy atom. The first kappa shape index (κ1) is 30.0. The van der Waals surface area contributed by atoms with Gasteiger partial charge in [-0.05, 0) is 68.5 Å². The lowest BCUT2D eigenvalue weighted by atomic mass is 10.0. The number of ether oxygens (including phenoxy) is 1. The summed E-state index contributed by atoms with van der Waals surface area (Å²) in [5.41, 5.74) is 3.23. The fraction of sp³-hybridized carbons (Fsp3) is 0.438. The zero-order valence-electron chi connectivity index (χ0n) is 24.6. The summed E-state index contributed by atoms with van der Waals surface area (Å²) in [4.78, 5) is 32.7. The lowest BCUT2D eigenvalue weighted by molar-refractivity contribution is -0.0440. The summed E-state index contributed by atoms with van der Waals surface area (Å²) in [5.74, 6) is -0.384. The van der Waals surface area contributed by atoms with E-state index >= 15 is 0 Å². The molecule has 1 aromatic heterocycles. The highest BCUT2D eigenvalue weighted by Crippen LogP contribution is 2.39. The lowest BCUT2D eigenvalue weighted by Crippen LogP contribution is -2.48. The summed E-state index contributed by atoms with van der Waals surface area (Å²) in [6, 6.07) is 16.4. The normalized spacial score (nSPS) is 21.5. The third-order valence-electron chi connectivity index (χ3n) is 8.36. The smallest absolute Gasteiger partial charge is 0.257 e. The van der Waals surface area contributed by atoms with Crippen LogP contribution in [0.2, 0.25) is 0 Å². The number of carbonyl (C=O) groups excluding carboxylic acids is 2. The number of hydrogen-bond acceptors (Lipinski definition) is 7. The molecular formula is C32H38N4O5S2. The molecule has 228 valence electrons. The molecular weight excluding hydrogens is 585 g/mol. The maximum absolute atomic E-state index is 13.7. The van der Waals surface area contributed by atoms with Crippen molar-refractivity contribution in [3.8, 4) is 0 Å². The van der Waals surface area contributed by atoms with Crippen LogP contribution in [0.1, 0.15) is 63.4 Å². The van der Waals surface area contributed by atoms with E-state index in [1.807, 2.05) is 36.9 Å². The van der Waals surface area contributed by atoms with Crippen LogP contribution in [0.25, 0.3) is 0 Å². The second-order valence-corrected chi connectivity index (χ2v) is 14.8. The fourth-order valence-electron chi connectivity index (χ4n) is 6.26. The molecule has 3 aromatic rings. The maximum Gasteiger partial charge on any atom is 0.257 e. The summed E-state index contributed by atoms with van der Waals surface area (Å²) in [7, 11) is -3.72. The predicted octanol–water partition coefficient (Wildman–Crippen LogP) is 4.59. The van der Waals surface area contributed by atoms with Gasteiger partial charge < -0.3 is 15.0 Å². The van der Waals surface area contributed by atoms with Crippen LogP contribution in [0, 0.1) is 0 Å². The van der Waals surface area contributed by atoms with Crippen LogP contribution in [0.3, 0.4) is 0 Å². The van der Waals surface area contributed by atoms with Gasteiger partial charge in [-0.15, -0.1) is 11.3 Å². The molecule has 4 heterocycles. The molecule has 9 nitrogen and oxygen atoms in total. The van der Waals surface area contributed by atoms with Crippen LogP contribution in [-0.4, -0.2) is 79.3 Å². The van der Waals surface area contributed by atoms with E-state index in [1.54, 1.807) is 0 Å². The van der Waals surface area contributed by atoms with Crippen molar-refractivity contribution in [1.29, 1.82) is 0 Å². The van der Waals surface area contributed by atoms with E-state index < -0.39 is 10.0 Å². The maximum atomic E-state index is 13.7. The Morgan fingerprint density at radius 2 is 1.63 bits per heavy atom. The molecule has 0 saturated carbocycles. The van der Waals surface area contributed by atoms with Crippen molar-refractivity contribution in [2.24, 2.45) is 0 Å². The molecule has 3 aliphatic rings. The number of morpholine rings is 1. The van der Waals surface area contributed by atoms with Gasteiger partial charge in [0.05, 0.1) is 22.7 Å². The number of amides is 2. The number of anilines is 1. The van der Waals surface area contributed by atoms with Gasteiger partial charge in [-0.3, -0.25) is 14.5 Å². The van der Waals surface area contributed by atoms with Gasteiger partial charge in [-0.1, -0.05) is 30.3 Å². The SMILES string of the molecule is CC1CN(S(=O)(=O)c2ccc(C(=O)Nc3sc4c(c3C(=O)N3CCCC3)CCN(Cc3ccccc3)C4)cc2)CC(C)O1. The van der Waals surface area contributed by atoms with Crippen LogP contribution in [0.4, 0.5) is 5.00 Å². The van der Waals surface area contributed by atoms with E-state index in [0.717, 1.165) is 62.4 Å². The van der Waals surface area contributed by atoms with Crippen molar-refractivity contribution < 1.29 is 22.7 Å². The zero-order valence-corrected chi connectivity index (χ0v) is 26.3. The van der Waals surface area contributed by atoms with E-state index in [1.165, 1.54) is 45.5 Å². The summed E-state index contributed by atoms with van der Waals surface area (Å²) in [5, 5.41) is 3.59. The van der Waals surface area contributed by atoms with Crippen molar-refractivity contribution in [2.45, 2.75) is 63.3 Å². The minimum atomic E-state index is -3.72. The molecule has 0 bridgehead atoms. The van der Waals surface area contributed by atoms with Crippen molar-refractivity contribution in [1.82, 2.24) is 14.1 Å². The first-order chi connectivity index (χ1) is 20.7. The van der Waals surface area contributed by atoms with Gasteiger partial charge in [0.1, 0.15) is 5.00 Å². The summed E-state index contributed by atoms with van der Waals surface area (Å²) < 4.78 is 33.7. The average Bonchev–Trinajstić information content (AvgIpc) is 3.65. The number of likely N-dealkylation sites (tertiary alicyclic amines) is 1. The van der Waals surface area contributed by atoms with E-state index in [4.69, 9.17) is 4.74 Å². The highest BCUT2D eigenvalue weighted by Gasteiger charge is 2.34. The molecule has 0 radical (unpaired) electrons. The molecule has 2 atom stereocenters. The van der Waals surface area contributed by atoms with Crippen LogP contribution in [-0.2, 0) is 34.3 Å². The Bertz CT molecular complexity index is 1570. The average molecular weight is 623 g/mol. The van der Waals surface area contributed by atoms with Crippen LogP contribution >= 0.6 is 11.3 Å². The first-order valence-corrected chi connectivity index (χ1v) is 17.2. The van der Waals surface area contributed by atoms with E-state index in [0.29, 0.717) is 16.1 Å². The third-order valence-corrected chi connectivity index (χ3v) is 11.3. The van der Waals surface area contributed by atoms with E-state index in [2.05, 4.69) is 22.3 Å². The topological polar surface area (TPSA) is 99.3 Å². The molecule has 3 aliphatic heterocycles. The number of fused-ring (bicyclic) bond motifs is 1. The van der Waals surface area contributed by atoms with Gasteiger partial charge in [-0.25, -0.2) is 8.42 Å². The summed E-state index contributed by atoms with van der Waals surface area (Å²) in [6.07, 6.45) is 2.34. The Morgan fingerprint density at radius 1 is 0.953 bits per heavy atom. The molecule has 2 unspecified atom stereocenters. The number of hydrogen-bond donors (Lipinski definition) is 1. The Hall–Kier alpha value is -3.09. The second kappa shape index (κ2) is 12.5. The monoisotopic (exact) mass is 622 g/mol. The zero-order chi connectivity index (χ0) is 30.1. The minimum Gasteiger partial charge on any atom is -0.373 e. The number of benzene rings is 2. The predicted molar refractivity (Wildman–Crippen MR) is 167 cm³/mol. The quantitative estimate of drug-likeness (QED) is 0.414. The van der Waals surface area contributed by atoms with Gasteiger partial charge in [0, 0.05) is 56.3 Å². The van der Waals surface area contributed by atoms with Crippen LogP contribution in [0.5, 0.6) is 0 Å². The highest BCUT2D eigenvalue weighted by molar-refractivity contribution is 7.89. The molecule has 2 saturated heterocycles. The number of nitrogens with one attached hydrogen (secondary N) is 1. The fourth-order valence-corrected chi connectivity index (χ4v) is 9.12. The highest BCUT2D eigenvalue weighted by atomic mass is 32.2. The van der Waals surface area contributed by atoms with E-state index in [9.17, 15) is 18.0 Å². The van der Waals surface area contributed by atoms with Gasteiger partial charge in [0.25, 0.3) is 11.8 Å². The van der Waals surface area contributed by atoms with Crippen molar-refractivity contribution in [3.63, 3.8) is 0 Å². The van der Waals surface area contributed by atoms with E-state index in [-0.39, 0.29) is 42.0 Å². The molecule has 43 heavy (non-hydrogen) atoms. The van der Waals surface area contributed by atoms with Crippen LogP contribution in [0.15, 0.2) is 59.5 Å². The third kappa shape index (κ3) is 6.41. The standard InChI is InChI=1S/C32H38N4O5S2/c1-22-18-36(19-23(2)41-22)43(39,40)26-12-10-25(11-13-26)30(37)33-31-29(32(38)35-15-6-7-16-35)27-14-17-34(21-28(27)42-31)20-24-8-4-3-5-9-24/h3-5,8-13,22-23H,6-7,14-21H2,1-2H3,(H,33,37). The molecule has 1 N–H and O–H groups in total. The summed E-state index contributed by atoms with van der Waals surface area (Å²) >= 11 is 1.48. The largest absolute Gasteiger partial charge is 0.373 e. The van der Waals surface area contributed by atoms with Crippen molar-refractivity contribution in [2.75, 3.05) is 38.0 Å². The number of nitrogens with zero attached hydrogens (tertiary/aromatic N) is 3. The minimum absolute atomic E-state index is 0.0165. The van der Waals surface area contributed by atoms with Gasteiger partial charge in [0.2, 0.25) is 10.0 Å². The van der Waals surface area contributed by atoms with Gasteiger partial charge in [0.15, 0.2) is 0 Å². The molecule has 2 aromatic carbocycles. The molecule has 11 heteroatoms. The number of sulfonamides is 1. The van der Waals surface area contributed by atoms with Gasteiger partial charge in [-0.2, -0.15) is 4.31 Å². The van der Waals surface area contributed by atoms with Crippen molar-refractivity contribution >= 4 is 38.2 Å². The number of thiophene rings is 1. The molecule has 2 amide bonds. The number of carbonyl (C=O) groups is 2. The first-order valence-electron chi connectivity index (χ1n) is 15.0. The molecule has 0 aliphatic carbocycles. The number of rotatable bonds is 7. The Kier molecular flexibility index (Phi) is 8.70. The summed E-state index contributed by atoms with van der Waals surface area (Å²) in [6.45, 7) is 8.13. The molecule has 6 rings (SSSR count). The molecule has 2 fully saturated rings. The lowest BCUT2D eigenvalue weighted by Gasteiger charge is -2.34. The molecule has 0 spiro atoms. The van der Waals surface area contributed by atoms with Crippen molar-refractivity contribution in [3.05, 3.63) is 81.7 Å².